The zero-order valence-corrected chi connectivity index (χ0v) is 12.7. The number of hydrogen-bond acceptors (Lipinski definition) is 4. The van der Waals surface area contributed by atoms with E-state index >= 15 is 0 Å². The number of hydrogen-bond donors (Lipinski definition) is 1. The van der Waals surface area contributed by atoms with Crippen molar-refractivity contribution >= 4 is 33.4 Å². The molecule has 0 saturated heterocycles. The first kappa shape index (κ1) is 15.5. The number of carbonyl (C=O) groups excluding carboxylic acids is 1. The van der Waals surface area contributed by atoms with Crippen LogP contribution in [0.15, 0.2) is 29.6 Å². The third-order valence-electron chi connectivity index (χ3n) is 3.06. The molecule has 1 amide bonds. The van der Waals surface area contributed by atoms with Crippen molar-refractivity contribution in [2.75, 3.05) is 5.32 Å². The summed E-state index contributed by atoms with van der Waals surface area (Å²) in [4.78, 5) is 18.8. The van der Waals surface area contributed by atoms with Crippen LogP contribution in [0.2, 0.25) is 0 Å². The van der Waals surface area contributed by atoms with Crippen molar-refractivity contribution in [2.24, 2.45) is 0 Å². The number of carbonyl (C=O) groups is 1. The highest BCUT2D eigenvalue weighted by Crippen LogP contribution is 2.32. The van der Waals surface area contributed by atoms with Gasteiger partial charge in [-0.3, -0.25) is 4.79 Å². The number of amides is 1. The largest absolute Gasteiger partial charge is 0.449 e. The van der Waals surface area contributed by atoms with Gasteiger partial charge in [0.2, 0.25) is 11.7 Å². The number of para-hydroxylation sites is 2. The molecular formula is C14H11F3N4OS. The summed E-state index contributed by atoms with van der Waals surface area (Å²) < 4.78 is 40.7. The lowest BCUT2D eigenvalue weighted by atomic mass is 10.3. The Balaban J connectivity index is 2.01. The Bertz CT molecular complexity index is 868. The first-order chi connectivity index (χ1) is 10.8. The average Bonchev–Trinajstić information content (AvgIpc) is 3.03. The van der Waals surface area contributed by atoms with Gasteiger partial charge in [0.1, 0.15) is 0 Å². The van der Waals surface area contributed by atoms with Crippen LogP contribution in [0, 0.1) is 0 Å². The number of anilines is 1. The maximum atomic E-state index is 13.2. The second-order valence-electron chi connectivity index (χ2n) is 4.83. The number of rotatable bonds is 3. The molecule has 5 nitrogen and oxygen atoms in total. The van der Waals surface area contributed by atoms with Crippen LogP contribution in [0.25, 0.3) is 11.0 Å². The van der Waals surface area contributed by atoms with Gasteiger partial charge in [-0.15, -0.1) is 11.3 Å². The first-order valence-corrected chi connectivity index (χ1v) is 7.47. The summed E-state index contributed by atoms with van der Waals surface area (Å²) in [6.45, 7) is 1.26. The fourth-order valence-corrected chi connectivity index (χ4v) is 2.95. The molecule has 0 aliphatic heterocycles. The Morgan fingerprint density at radius 2 is 2.04 bits per heavy atom. The number of thiazole rings is 1. The van der Waals surface area contributed by atoms with Gasteiger partial charge in [0.25, 0.3) is 0 Å². The molecule has 120 valence electrons. The van der Waals surface area contributed by atoms with Crippen molar-refractivity contribution in [1.29, 1.82) is 0 Å². The maximum Gasteiger partial charge on any atom is 0.449 e. The van der Waals surface area contributed by atoms with Crippen LogP contribution in [0.3, 0.4) is 0 Å². The summed E-state index contributed by atoms with van der Waals surface area (Å²) in [6.07, 6.45) is -4.56. The lowest BCUT2D eigenvalue weighted by molar-refractivity contribution is -0.146. The molecule has 0 fully saturated rings. The van der Waals surface area contributed by atoms with Gasteiger partial charge in [0, 0.05) is 12.3 Å². The van der Waals surface area contributed by atoms with Crippen molar-refractivity contribution in [3.05, 3.63) is 41.2 Å². The highest BCUT2D eigenvalue weighted by molar-refractivity contribution is 7.13. The van der Waals surface area contributed by atoms with Crippen LogP contribution < -0.4 is 5.32 Å². The molecule has 0 bridgehead atoms. The highest BCUT2D eigenvalue weighted by Gasteiger charge is 2.37. The number of aromatic nitrogens is 3. The topological polar surface area (TPSA) is 59.8 Å². The predicted molar refractivity (Wildman–Crippen MR) is 80.3 cm³/mol. The van der Waals surface area contributed by atoms with E-state index in [9.17, 15) is 18.0 Å². The van der Waals surface area contributed by atoms with Crippen molar-refractivity contribution in [3.63, 3.8) is 0 Å². The minimum atomic E-state index is -4.56. The predicted octanol–water partition coefficient (Wildman–Crippen LogP) is 3.52. The molecule has 0 unspecified atom stereocenters. The number of halogens is 3. The molecule has 1 N–H and O–H groups in total. The van der Waals surface area contributed by atoms with Crippen molar-refractivity contribution in [1.82, 2.24) is 14.5 Å². The van der Waals surface area contributed by atoms with Crippen molar-refractivity contribution < 1.29 is 18.0 Å². The Hall–Kier alpha value is -2.42. The van der Waals surface area contributed by atoms with E-state index < -0.39 is 12.0 Å². The van der Waals surface area contributed by atoms with Crippen LogP contribution >= 0.6 is 11.3 Å². The summed E-state index contributed by atoms with van der Waals surface area (Å²) in [5.41, 5.74) is 1.08. The molecule has 0 saturated carbocycles. The minimum absolute atomic E-state index is 0.0779. The van der Waals surface area contributed by atoms with Crippen molar-refractivity contribution in [2.45, 2.75) is 19.6 Å². The standard InChI is InChI=1S/C14H11F3N4OS/c1-8(22)18-13-19-9(7-23-13)6-21-11-5-3-2-4-10(11)20-12(21)14(15,16)17/h2-5,7H,6H2,1H3,(H,18,19,22). The van der Waals surface area contributed by atoms with E-state index in [2.05, 4.69) is 15.3 Å². The molecule has 0 atom stereocenters. The van der Waals surface area contributed by atoms with Gasteiger partial charge >= 0.3 is 6.18 Å². The Kier molecular flexibility index (Phi) is 3.80. The van der Waals surface area contributed by atoms with E-state index in [1.807, 2.05) is 0 Å². The molecule has 0 radical (unpaired) electrons. The van der Waals surface area contributed by atoms with Gasteiger partial charge in [0.05, 0.1) is 23.3 Å². The quantitative estimate of drug-likeness (QED) is 0.794. The van der Waals surface area contributed by atoms with E-state index in [1.165, 1.54) is 13.0 Å². The minimum Gasteiger partial charge on any atom is -0.314 e. The lowest BCUT2D eigenvalue weighted by Gasteiger charge is -2.10. The first-order valence-electron chi connectivity index (χ1n) is 6.59. The van der Waals surface area contributed by atoms with Gasteiger partial charge in [-0.25, -0.2) is 9.97 Å². The number of nitrogens with one attached hydrogen (secondary N) is 1. The Labute approximate surface area is 132 Å². The van der Waals surface area contributed by atoms with Gasteiger partial charge in [-0.2, -0.15) is 13.2 Å². The van der Waals surface area contributed by atoms with Crippen LogP contribution in [0.5, 0.6) is 0 Å². The second kappa shape index (κ2) is 5.65. The zero-order chi connectivity index (χ0) is 16.6. The number of fused-ring (bicyclic) bond motifs is 1. The summed E-state index contributed by atoms with van der Waals surface area (Å²) in [5.74, 6) is -1.25. The molecule has 0 aliphatic carbocycles. The number of nitrogens with zero attached hydrogens (tertiary/aromatic N) is 3. The third kappa shape index (κ3) is 3.19. The molecular weight excluding hydrogens is 329 g/mol. The smallest absolute Gasteiger partial charge is 0.314 e. The highest BCUT2D eigenvalue weighted by atomic mass is 32.1. The van der Waals surface area contributed by atoms with E-state index in [0.29, 0.717) is 16.3 Å². The van der Waals surface area contributed by atoms with Crippen molar-refractivity contribution in [3.8, 4) is 0 Å². The maximum absolute atomic E-state index is 13.2. The van der Waals surface area contributed by atoms with Gasteiger partial charge in [-0.05, 0) is 12.1 Å². The van der Waals surface area contributed by atoms with E-state index in [0.717, 1.165) is 15.9 Å². The monoisotopic (exact) mass is 340 g/mol. The second-order valence-corrected chi connectivity index (χ2v) is 5.69. The molecule has 23 heavy (non-hydrogen) atoms. The third-order valence-corrected chi connectivity index (χ3v) is 3.87. The van der Waals surface area contributed by atoms with Gasteiger partial charge in [-0.1, -0.05) is 12.1 Å². The molecule has 1 aromatic carbocycles. The Morgan fingerprint density at radius 1 is 1.30 bits per heavy atom. The number of imidazole rings is 1. The number of alkyl halides is 3. The molecule has 3 aromatic rings. The van der Waals surface area contributed by atoms with E-state index in [4.69, 9.17) is 0 Å². The summed E-state index contributed by atoms with van der Waals surface area (Å²) in [7, 11) is 0. The van der Waals surface area contributed by atoms with Gasteiger partial charge < -0.3 is 9.88 Å². The van der Waals surface area contributed by atoms with E-state index in [1.54, 1.807) is 23.6 Å². The van der Waals surface area contributed by atoms with Crippen LogP contribution in [0.1, 0.15) is 18.4 Å². The molecule has 0 aliphatic rings. The molecule has 0 spiro atoms. The van der Waals surface area contributed by atoms with Crippen LogP contribution in [-0.2, 0) is 17.5 Å². The van der Waals surface area contributed by atoms with E-state index in [-0.39, 0.29) is 18.0 Å². The fraction of sp³-hybridized carbons (Fsp3) is 0.214. The molecule has 2 aromatic heterocycles. The summed E-state index contributed by atoms with van der Waals surface area (Å²) in [6, 6.07) is 6.41. The van der Waals surface area contributed by atoms with Crippen LogP contribution in [0.4, 0.5) is 18.3 Å². The normalized spacial score (nSPS) is 11.8. The lowest BCUT2D eigenvalue weighted by Crippen LogP contribution is -2.15. The van der Waals surface area contributed by atoms with Crippen LogP contribution in [-0.4, -0.2) is 20.4 Å². The number of benzene rings is 1. The summed E-state index contributed by atoms with van der Waals surface area (Å²) in [5, 5.41) is 4.47. The zero-order valence-electron chi connectivity index (χ0n) is 11.9. The fourth-order valence-electron chi connectivity index (χ4n) is 2.20. The Morgan fingerprint density at radius 3 is 2.74 bits per heavy atom. The SMILES string of the molecule is CC(=O)Nc1nc(Cn2c(C(F)(F)F)nc3ccccc32)cs1. The molecule has 2 heterocycles. The molecule has 3 rings (SSSR count). The summed E-state index contributed by atoms with van der Waals surface area (Å²) >= 11 is 1.16. The molecule has 9 heteroatoms. The average molecular weight is 340 g/mol. The van der Waals surface area contributed by atoms with Gasteiger partial charge in [0.15, 0.2) is 5.13 Å².